The molecule has 1 heterocycles. The quantitative estimate of drug-likeness (QED) is 0.786. The maximum absolute atomic E-state index is 13.4. The first-order chi connectivity index (χ1) is 12.8. The van der Waals surface area contributed by atoms with E-state index in [0.29, 0.717) is 6.92 Å². The molecule has 0 saturated carbocycles. The maximum atomic E-state index is 13.4. The number of carbonyl (C=O) groups is 1. The molecule has 0 spiro atoms. The van der Waals surface area contributed by atoms with Crippen LogP contribution in [0.4, 0.5) is 18.9 Å². The number of nitrogens with one attached hydrogen (secondary N) is 1. The Balaban J connectivity index is 2.26. The molecule has 28 heavy (non-hydrogen) atoms. The van der Waals surface area contributed by atoms with Gasteiger partial charge >= 0.3 is 0 Å². The molecule has 1 aromatic carbocycles. The molecule has 0 aliphatic carbocycles. The fraction of sp³-hybridized carbons (Fsp3) is 0.333. The lowest BCUT2D eigenvalue weighted by Crippen LogP contribution is -2.28. The molecule has 0 saturated heterocycles. The van der Waals surface area contributed by atoms with E-state index in [9.17, 15) is 26.4 Å². The molecule has 2 rings (SSSR count). The van der Waals surface area contributed by atoms with Gasteiger partial charge in [-0.15, -0.1) is 0 Å². The Morgan fingerprint density at radius 3 is 2.57 bits per heavy atom. The highest BCUT2D eigenvalue weighted by Crippen LogP contribution is 2.27. The van der Waals surface area contributed by atoms with Gasteiger partial charge in [0.15, 0.2) is 9.84 Å². The van der Waals surface area contributed by atoms with E-state index in [0.717, 1.165) is 31.3 Å². The summed E-state index contributed by atoms with van der Waals surface area (Å²) in [5, 5.41) is 11.3. The molecule has 1 amide bonds. The van der Waals surface area contributed by atoms with Crippen LogP contribution in [0, 0.1) is 23.1 Å². The van der Waals surface area contributed by atoms with Gasteiger partial charge in [0.2, 0.25) is 5.92 Å². The zero-order chi connectivity index (χ0) is 21.3. The van der Waals surface area contributed by atoms with Crippen molar-refractivity contribution in [3.63, 3.8) is 0 Å². The zero-order valence-electron chi connectivity index (χ0n) is 15.3. The number of hydrogen-bond donors (Lipinski definition) is 1. The smallest absolute Gasteiger partial charge is 0.272 e. The number of nitrogens with zero attached hydrogens (tertiary/aromatic N) is 2. The van der Waals surface area contributed by atoms with E-state index in [2.05, 4.69) is 5.32 Å². The lowest BCUT2D eigenvalue weighted by Gasteiger charge is -2.18. The molecular formula is C18H18F3N3O3S. The Labute approximate surface area is 160 Å². The molecule has 2 aromatic rings. The Morgan fingerprint density at radius 1 is 1.36 bits per heavy atom. The van der Waals surface area contributed by atoms with E-state index in [1.54, 1.807) is 6.07 Å². The minimum atomic E-state index is -4.04. The van der Waals surface area contributed by atoms with E-state index in [1.165, 1.54) is 17.7 Å². The topological polar surface area (TPSA) is 92.0 Å². The van der Waals surface area contributed by atoms with Crippen molar-refractivity contribution < 1.29 is 26.4 Å². The van der Waals surface area contributed by atoms with E-state index in [4.69, 9.17) is 5.26 Å². The van der Waals surface area contributed by atoms with Crippen molar-refractivity contribution in [3.05, 3.63) is 47.5 Å². The first-order valence-electron chi connectivity index (χ1n) is 8.13. The normalized spacial score (nSPS) is 13.0. The number of sulfone groups is 1. The van der Waals surface area contributed by atoms with Gasteiger partial charge in [0.05, 0.1) is 16.2 Å². The molecule has 10 heteroatoms. The predicted molar refractivity (Wildman–Crippen MR) is 96.3 cm³/mol. The molecule has 0 bridgehead atoms. The van der Waals surface area contributed by atoms with Crippen LogP contribution in [0.1, 0.15) is 29.9 Å². The van der Waals surface area contributed by atoms with Crippen LogP contribution in [-0.4, -0.2) is 30.6 Å². The van der Waals surface area contributed by atoms with E-state index >= 15 is 0 Å². The molecule has 0 unspecified atom stereocenters. The molecule has 0 radical (unpaired) electrons. The van der Waals surface area contributed by atoms with Gasteiger partial charge in [0.25, 0.3) is 5.91 Å². The zero-order valence-corrected chi connectivity index (χ0v) is 16.1. The van der Waals surface area contributed by atoms with Crippen molar-refractivity contribution in [1.82, 2.24) is 4.57 Å². The highest BCUT2D eigenvalue weighted by Gasteiger charge is 2.35. The number of amides is 1. The molecule has 150 valence electrons. The van der Waals surface area contributed by atoms with Crippen molar-refractivity contribution in [3.8, 4) is 6.07 Å². The molecule has 0 aliphatic rings. The molecule has 0 fully saturated rings. The van der Waals surface area contributed by atoms with Crippen molar-refractivity contribution in [2.75, 3.05) is 11.1 Å². The van der Waals surface area contributed by atoms with Gasteiger partial charge in [-0.2, -0.15) is 5.26 Å². The Hall–Kier alpha value is -2.80. The maximum Gasteiger partial charge on any atom is 0.272 e. The number of aromatic nitrogens is 1. The lowest BCUT2D eigenvalue weighted by atomic mass is 10.1. The molecular weight excluding hydrogens is 395 g/mol. The number of halogens is 3. The third-order valence-corrected chi connectivity index (χ3v) is 6.13. The summed E-state index contributed by atoms with van der Waals surface area (Å²) in [5.41, 5.74) is -0.160. The first kappa shape index (κ1) is 21.5. The summed E-state index contributed by atoms with van der Waals surface area (Å²) in [4.78, 5) is 12.2. The van der Waals surface area contributed by atoms with Gasteiger partial charge in [-0.25, -0.2) is 21.6 Å². The first-order valence-corrected chi connectivity index (χ1v) is 9.78. The number of anilines is 1. The fourth-order valence-corrected chi connectivity index (χ4v) is 4.14. The Bertz CT molecular complexity index is 1050. The molecule has 0 aliphatic heterocycles. The van der Waals surface area contributed by atoms with Crippen LogP contribution >= 0.6 is 0 Å². The second-order valence-electron chi connectivity index (χ2n) is 6.57. The van der Waals surface area contributed by atoms with Crippen LogP contribution in [0.25, 0.3) is 0 Å². The van der Waals surface area contributed by atoms with Gasteiger partial charge in [0, 0.05) is 24.8 Å². The number of nitriles is 1. The Morgan fingerprint density at radius 2 is 2.00 bits per heavy atom. The minimum Gasteiger partial charge on any atom is -0.345 e. The van der Waals surface area contributed by atoms with Crippen molar-refractivity contribution in [1.29, 1.82) is 5.26 Å². The molecule has 1 N–H and O–H groups in total. The van der Waals surface area contributed by atoms with Gasteiger partial charge in [0.1, 0.15) is 17.6 Å². The average Bonchev–Trinajstić information content (AvgIpc) is 2.98. The van der Waals surface area contributed by atoms with E-state index in [-0.39, 0.29) is 21.8 Å². The summed E-state index contributed by atoms with van der Waals surface area (Å²) in [6.07, 6.45) is 1.16. The summed E-state index contributed by atoms with van der Waals surface area (Å²) in [5.74, 6) is -6.78. The summed E-state index contributed by atoms with van der Waals surface area (Å²) >= 11 is 0. The summed E-state index contributed by atoms with van der Waals surface area (Å²) in [7, 11) is -2.61. The van der Waals surface area contributed by atoms with Gasteiger partial charge in [-0.05, 0) is 31.2 Å². The fourth-order valence-electron chi connectivity index (χ4n) is 2.39. The highest BCUT2D eigenvalue weighted by atomic mass is 32.2. The van der Waals surface area contributed by atoms with Crippen molar-refractivity contribution >= 4 is 21.4 Å². The molecule has 1 atom stereocenters. The minimum absolute atomic E-state index is 0.0441. The molecule has 6 nitrogen and oxygen atoms in total. The SMILES string of the molecule is C[C@H](CS(=O)(=O)c1cc(C(=O)Nc2ccc(F)c(C#N)c2)n(C)c1)C(C)(F)F. The number of hydrogen-bond acceptors (Lipinski definition) is 4. The van der Waals surface area contributed by atoms with Crippen LogP contribution in [0.2, 0.25) is 0 Å². The van der Waals surface area contributed by atoms with E-state index < -0.39 is 39.2 Å². The number of alkyl halides is 2. The van der Waals surface area contributed by atoms with Crippen molar-refractivity contribution in [2.45, 2.75) is 24.7 Å². The monoisotopic (exact) mass is 413 g/mol. The van der Waals surface area contributed by atoms with E-state index in [1.807, 2.05) is 0 Å². The third kappa shape index (κ3) is 4.72. The Kier molecular flexibility index (Phi) is 5.89. The number of aryl methyl sites for hydroxylation is 1. The van der Waals surface area contributed by atoms with Gasteiger partial charge in [-0.1, -0.05) is 6.92 Å². The summed E-state index contributed by atoms with van der Waals surface area (Å²) in [6, 6.07) is 6.13. The van der Waals surface area contributed by atoms with Crippen LogP contribution < -0.4 is 5.32 Å². The van der Waals surface area contributed by atoms with Crippen LogP contribution in [0.5, 0.6) is 0 Å². The third-order valence-electron chi connectivity index (χ3n) is 4.25. The second-order valence-corrected chi connectivity index (χ2v) is 8.61. The second kappa shape index (κ2) is 7.67. The lowest BCUT2D eigenvalue weighted by molar-refractivity contribution is -0.0238. The van der Waals surface area contributed by atoms with Crippen LogP contribution in [0.3, 0.4) is 0 Å². The van der Waals surface area contributed by atoms with Gasteiger partial charge < -0.3 is 9.88 Å². The van der Waals surface area contributed by atoms with Crippen molar-refractivity contribution in [2.24, 2.45) is 13.0 Å². The largest absolute Gasteiger partial charge is 0.345 e. The summed E-state index contributed by atoms with van der Waals surface area (Å²) < 4.78 is 66.0. The number of benzene rings is 1. The summed E-state index contributed by atoms with van der Waals surface area (Å²) in [6.45, 7) is 1.78. The average molecular weight is 413 g/mol. The van der Waals surface area contributed by atoms with Gasteiger partial charge in [-0.3, -0.25) is 4.79 Å². The van der Waals surface area contributed by atoms with Crippen LogP contribution in [0.15, 0.2) is 35.4 Å². The number of carbonyl (C=O) groups excluding carboxylic acids is 1. The van der Waals surface area contributed by atoms with Crippen LogP contribution in [-0.2, 0) is 16.9 Å². The predicted octanol–water partition coefficient (Wildman–Crippen LogP) is 3.35. The standard InChI is InChI=1S/C18H18F3N3O3S/c1-11(18(2,20)21)10-28(26,27)14-7-16(24(3)9-14)17(25)23-13-4-5-15(19)12(6-13)8-22/h4-7,9,11H,10H2,1-3H3,(H,23,25)/t11-/m1/s1. The molecule has 1 aromatic heterocycles. The highest BCUT2D eigenvalue weighted by molar-refractivity contribution is 7.91. The number of rotatable bonds is 6.